The number of rotatable bonds is 3. The molecule has 2 nitrogen and oxygen atoms in total. The molecule has 0 aliphatic heterocycles. The van der Waals surface area contributed by atoms with E-state index in [1.165, 1.54) is 38.2 Å². The molecule has 2 aliphatic carbocycles. The van der Waals surface area contributed by atoms with Crippen LogP contribution in [-0.4, -0.2) is 12.6 Å². The summed E-state index contributed by atoms with van der Waals surface area (Å²) in [5.41, 5.74) is 0.351. The summed E-state index contributed by atoms with van der Waals surface area (Å²) in [4.78, 5) is 10.9. The molecule has 2 saturated carbocycles. The van der Waals surface area contributed by atoms with Gasteiger partial charge in [0.2, 0.25) is 0 Å². The van der Waals surface area contributed by atoms with E-state index in [2.05, 4.69) is 6.58 Å². The molecular formula is C11H16O2. The predicted octanol–water partition coefficient (Wildman–Crippen LogP) is 2.30. The maximum Gasteiger partial charge on any atom is 0.330 e. The molecule has 0 amide bonds. The van der Waals surface area contributed by atoms with Crippen molar-refractivity contribution in [3.8, 4) is 0 Å². The van der Waals surface area contributed by atoms with Crippen LogP contribution < -0.4 is 0 Å². The third-order valence-corrected chi connectivity index (χ3v) is 3.57. The van der Waals surface area contributed by atoms with Gasteiger partial charge in [0.25, 0.3) is 0 Å². The van der Waals surface area contributed by atoms with Crippen molar-refractivity contribution in [2.24, 2.45) is 11.3 Å². The van der Waals surface area contributed by atoms with Gasteiger partial charge in [0, 0.05) is 11.5 Å². The summed E-state index contributed by atoms with van der Waals surface area (Å²) in [7, 11) is 0. The first kappa shape index (κ1) is 8.79. The molecule has 0 radical (unpaired) electrons. The number of esters is 1. The molecule has 0 saturated heterocycles. The molecule has 0 aromatic rings. The van der Waals surface area contributed by atoms with E-state index in [9.17, 15) is 4.79 Å². The maximum atomic E-state index is 10.9. The van der Waals surface area contributed by atoms with E-state index in [4.69, 9.17) is 4.74 Å². The highest BCUT2D eigenvalue weighted by molar-refractivity contribution is 5.81. The number of carbonyl (C=O) groups is 1. The van der Waals surface area contributed by atoms with Gasteiger partial charge in [-0.15, -0.1) is 0 Å². The molecule has 0 N–H and O–H groups in total. The molecule has 2 fully saturated rings. The average molecular weight is 180 g/mol. The zero-order valence-corrected chi connectivity index (χ0v) is 7.92. The number of hydrogen-bond acceptors (Lipinski definition) is 2. The van der Waals surface area contributed by atoms with Crippen molar-refractivity contribution in [2.45, 2.75) is 32.1 Å². The minimum Gasteiger partial charge on any atom is -0.462 e. The lowest BCUT2D eigenvalue weighted by atomic mass is 9.85. The summed E-state index contributed by atoms with van der Waals surface area (Å²) in [5, 5.41) is 0. The van der Waals surface area contributed by atoms with Crippen LogP contribution in [0.5, 0.6) is 0 Å². The van der Waals surface area contributed by atoms with Crippen LogP contribution in [0.3, 0.4) is 0 Å². The van der Waals surface area contributed by atoms with Crippen molar-refractivity contribution in [1.29, 1.82) is 0 Å². The average Bonchev–Trinajstić information content (AvgIpc) is 2.74. The summed E-state index contributed by atoms with van der Waals surface area (Å²) in [6.45, 7) is 4.01. The normalized spacial score (nSPS) is 36.2. The summed E-state index contributed by atoms with van der Waals surface area (Å²) in [5.74, 6) is 0.646. The Balaban J connectivity index is 1.87. The fourth-order valence-electron chi connectivity index (χ4n) is 2.80. The van der Waals surface area contributed by atoms with Crippen LogP contribution in [0.4, 0.5) is 0 Å². The SMILES string of the molecule is C=CC(=O)OCC12CCC(CC1)C2. The molecule has 0 unspecified atom stereocenters. The van der Waals surface area contributed by atoms with E-state index >= 15 is 0 Å². The van der Waals surface area contributed by atoms with Crippen molar-refractivity contribution in [2.75, 3.05) is 6.61 Å². The monoisotopic (exact) mass is 180 g/mol. The third-order valence-electron chi connectivity index (χ3n) is 3.57. The quantitative estimate of drug-likeness (QED) is 0.492. The Bertz CT molecular complexity index is 224. The van der Waals surface area contributed by atoms with Crippen LogP contribution >= 0.6 is 0 Å². The largest absolute Gasteiger partial charge is 0.462 e. The second kappa shape index (κ2) is 3.17. The van der Waals surface area contributed by atoms with Crippen molar-refractivity contribution < 1.29 is 9.53 Å². The van der Waals surface area contributed by atoms with Gasteiger partial charge < -0.3 is 4.74 Å². The Labute approximate surface area is 79.0 Å². The molecule has 0 atom stereocenters. The molecule has 2 rings (SSSR count). The highest BCUT2D eigenvalue weighted by Crippen LogP contribution is 2.54. The Kier molecular flexibility index (Phi) is 2.14. The lowest BCUT2D eigenvalue weighted by Gasteiger charge is -2.25. The van der Waals surface area contributed by atoms with Crippen LogP contribution in [-0.2, 0) is 9.53 Å². The van der Waals surface area contributed by atoms with Gasteiger partial charge in [0.15, 0.2) is 0 Å². The topological polar surface area (TPSA) is 26.3 Å². The Morgan fingerprint density at radius 3 is 2.69 bits per heavy atom. The minimum absolute atomic E-state index is 0.273. The van der Waals surface area contributed by atoms with E-state index in [0.717, 1.165) is 5.92 Å². The van der Waals surface area contributed by atoms with E-state index in [1.54, 1.807) is 0 Å². The number of ether oxygens (including phenoxy) is 1. The van der Waals surface area contributed by atoms with Gasteiger partial charge in [-0.2, -0.15) is 0 Å². The summed E-state index contributed by atoms with van der Waals surface area (Å²) >= 11 is 0. The number of fused-ring (bicyclic) bond motifs is 2. The Morgan fingerprint density at radius 1 is 1.54 bits per heavy atom. The zero-order valence-electron chi connectivity index (χ0n) is 7.92. The first-order valence-electron chi connectivity index (χ1n) is 5.03. The van der Waals surface area contributed by atoms with E-state index < -0.39 is 0 Å². The van der Waals surface area contributed by atoms with Crippen LogP contribution in [0, 0.1) is 11.3 Å². The van der Waals surface area contributed by atoms with Crippen LogP contribution in [0.25, 0.3) is 0 Å². The van der Waals surface area contributed by atoms with Gasteiger partial charge in [-0.3, -0.25) is 0 Å². The van der Waals surface area contributed by atoms with Crippen LogP contribution in [0.2, 0.25) is 0 Å². The minimum atomic E-state index is -0.273. The summed E-state index contributed by atoms with van der Waals surface area (Å²) in [6, 6.07) is 0. The molecule has 72 valence electrons. The summed E-state index contributed by atoms with van der Waals surface area (Å²) < 4.78 is 5.14. The molecule has 0 aromatic carbocycles. The number of hydrogen-bond donors (Lipinski definition) is 0. The molecule has 2 aliphatic rings. The van der Waals surface area contributed by atoms with Gasteiger partial charge in [-0.05, 0) is 38.0 Å². The second-order valence-corrected chi connectivity index (χ2v) is 4.46. The lowest BCUT2D eigenvalue weighted by molar-refractivity contribution is -0.141. The molecule has 0 heterocycles. The van der Waals surface area contributed by atoms with Gasteiger partial charge in [0.1, 0.15) is 0 Å². The first-order chi connectivity index (χ1) is 6.24. The van der Waals surface area contributed by atoms with E-state index in [1.807, 2.05) is 0 Å². The lowest BCUT2D eigenvalue weighted by Crippen LogP contribution is -2.23. The first-order valence-corrected chi connectivity index (χ1v) is 5.03. The van der Waals surface area contributed by atoms with Crippen LogP contribution in [0.15, 0.2) is 12.7 Å². The van der Waals surface area contributed by atoms with Gasteiger partial charge in [-0.25, -0.2) is 4.79 Å². The van der Waals surface area contributed by atoms with Crippen molar-refractivity contribution >= 4 is 5.97 Å². The van der Waals surface area contributed by atoms with E-state index in [-0.39, 0.29) is 5.97 Å². The zero-order chi connectivity index (χ0) is 9.31. The maximum absolute atomic E-state index is 10.9. The smallest absolute Gasteiger partial charge is 0.330 e. The molecule has 13 heavy (non-hydrogen) atoms. The standard InChI is InChI=1S/C11H16O2/c1-2-10(12)13-8-11-5-3-9(7-11)4-6-11/h2,9H,1,3-8H2. The highest BCUT2D eigenvalue weighted by Gasteiger charge is 2.45. The summed E-state index contributed by atoms with van der Waals surface area (Å²) in [6.07, 6.45) is 7.71. The van der Waals surface area contributed by atoms with Gasteiger partial charge in [-0.1, -0.05) is 6.58 Å². The molecule has 2 heteroatoms. The number of carbonyl (C=O) groups excluding carboxylic acids is 1. The van der Waals surface area contributed by atoms with Crippen molar-refractivity contribution in [3.63, 3.8) is 0 Å². The molecule has 2 bridgehead atoms. The van der Waals surface area contributed by atoms with E-state index in [0.29, 0.717) is 12.0 Å². The molecule has 0 aromatic heterocycles. The molecular weight excluding hydrogens is 164 g/mol. The highest BCUT2D eigenvalue weighted by atomic mass is 16.5. The fraction of sp³-hybridized carbons (Fsp3) is 0.727. The molecule has 0 spiro atoms. The van der Waals surface area contributed by atoms with Crippen molar-refractivity contribution in [3.05, 3.63) is 12.7 Å². The van der Waals surface area contributed by atoms with Gasteiger partial charge in [0.05, 0.1) is 6.61 Å². The second-order valence-electron chi connectivity index (χ2n) is 4.46. The fourth-order valence-corrected chi connectivity index (χ4v) is 2.80. The third kappa shape index (κ3) is 1.62. The Hall–Kier alpha value is -0.790. The Morgan fingerprint density at radius 2 is 2.23 bits per heavy atom. The van der Waals surface area contributed by atoms with Crippen LogP contribution in [0.1, 0.15) is 32.1 Å². The predicted molar refractivity (Wildman–Crippen MR) is 50.2 cm³/mol. The van der Waals surface area contributed by atoms with Gasteiger partial charge >= 0.3 is 5.97 Å². The van der Waals surface area contributed by atoms with Crippen molar-refractivity contribution in [1.82, 2.24) is 0 Å².